The molecule has 0 aromatic heterocycles. The minimum Gasteiger partial charge on any atom is -0.447 e. The van der Waals surface area contributed by atoms with E-state index in [-0.39, 0.29) is 12.2 Å². The third kappa shape index (κ3) is 3.73. The number of rotatable bonds is 2. The molecule has 0 saturated carbocycles. The third-order valence-electron chi connectivity index (χ3n) is 3.00. The first-order valence-corrected chi connectivity index (χ1v) is 5.96. The summed E-state index contributed by atoms with van der Waals surface area (Å²) in [4.78, 5) is 13.5. The van der Waals surface area contributed by atoms with Gasteiger partial charge in [0.2, 0.25) is 0 Å². The Kier molecular flexibility index (Phi) is 4.43. The van der Waals surface area contributed by atoms with Crippen molar-refractivity contribution in [3.63, 3.8) is 0 Å². The average Bonchev–Trinajstić information content (AvgIpc) is 2.17. The quantitative estimate of drug-likeness (QED) is 0.706. The summed E-state index contributed by atoms with van der Waals surface area (Å²) in [6, 6.07) is 0. The van der Waals surface area contributed by atoms with Crippen LogP contribution >= 0.6 is 0 Å². The standard InChI is InChI=1S/C12H23NO2/c1-9(2)11-6-5-7-13(8-11)12(14)15-10(3)4/h9-11H,5-8H2,1-4H3. The fourth-order valence-electron chi connectivity index (χ4n) is 2.00. The van der Waals surface area contributed by atoms with Crippen molar-refractivity contribution in [3.05, 3.63) is 0 Å². The SMILES string of the molecule is CC(C)OC(=O)N1CCCC(C(C)C)C1. The van der Waals surface area contributed by atoms with Gasteiger partial charge in [-0.2, -0.15) is 0 Å². The van der Waals surface area contributed by atoms with Gasteiger partial charge in [0.25, 0.3) is 0 Å². The number of ether oxygens (including phenoxy) is 1. The summed E-state index contributed by atoms with van der Waals surface area (Å²) in [5, 5.41) is 0. The van der Waals surface area contributed by atoms with Crippen LogP contribution in [-0.4, -0.2) is 30.2 Å². The summed E-state index contributed by atoms with van der Waals surface area (Å²) >= 11 is 0. The zero-order valence-corrected chi connectivity index (χ0v) is 10.3. The molecule has 1 saturated heterocycles. The van der Waals surface area contributed by atoms with E-state index in [0.717, 1.165) is 19.5 Å². The summed E-state index contributed by atoms with van der Waals surface area (Å²) in [5.41, 5.74) is 0. The smallest absolute Gasteiger partial charge is 0.410 e. The first-order chi connectivity index (χ1) is 7.00. The molecule has 1 fully saturated rings. The van der Waals surface area contributed by atoms with Gasteiger partial charge in [0.15, 0.2) is 0 Å². The van der Waals surface area contributed by atoms with Gasteiger partial charge in [0.05, 0.1) is 6.10 Å². The maximum atomic E-state index is 11.7. The molecule has 0 radical (unpaired) electrons. The van der Waals surface area contributed by atoms with Crippen LogP contribution in [-0.2, 0) is 4.74 Å². The molecule has 88 valence electrons. The molecule has 1 unspecified atom stereocenters. The summed E-state index contributed by atoms with van der Waals surface area (Å²) < 4.78 is 5.20. The van der Waals surface area contributed by atoms with Crippen LogP contribution in [0.25, 0.3) is 0 Å². The highest BCUT2D eigenvalue weighted by Gasteiger charge is 2.26. The lowest BCUT2D eigenvalue weighted by Crippen LogP contribution is -2.42. The van der Waals surface area contributed by atoms with Crippen LogP contribution in [0.1, 0.15) is 40.5 Å². The largest absolute Gasteiger partial charge is 0.447 e. The Balaban J connectivity index is 2.45. The molecule has 0 aromatic rings. The molecule has 15 heavy (non-hydrogen) atoms. The first kappa shape index (κ1) is 12.3. The number of piperidine rings is 1. The number of likely N-dealkylation sites (tertiary alicyclic amines) is 1. The van der Waals surface area contributed by atoms with Gasteiger partial charge in [-0.1, -0.05) is 13.8 Å². The fraction of sp³-hybridized carbons (Fsp3) is 0.917. The molecule has 1 aliphatic rings. The summed E-state index contributed by atoms with van der Waals surface area (Å²) in [7, 11) is 0. The lowest BCUT2D eigenvalue weighted by molar-refractivity contribution is 0.0576. The second-order valence-corrected chi connectivity index (χ2v) is 5.02. The molecule has 1 atom stereocenters. The number of hydrogen-bond donors (Lipinski definition) is 0. The van der Waals surface area contributed by atoms with Crippen LogP contribution in [0.2, 0.25) is 0 Å². The Morgan fingerprint density at radius 1 is 1.33 bits per heavy atom. The highest BCUT2D eigenvalue weighted by Crippen LogP contribution is 2.23. The molecule has 1 aliphatic heterocycles. The Bertz CT molecular complexity index is 214. The van der Waals surface area contributed by atoms with Gasteiger partial charge in [-0.15, -0.1) is 0 Å². The van der Waals surface area contributed by atoms with E-state index >= 15 is 0 Å². The van der Waals surface area contributed by atoms with Crippen LogP contribution in [0.15, 0.2) is 0 Å². The topological polar surface area (TPSA) is 29.5 Å². The van der Waals surface area contributed by atoms with Crippen molar-refractivity contribution in [2.75, 3.05) is 13.1 Å². The van der Waals surface area contributed by atoms with E-state index in [1.54, 1.807) is 0 Å². The summed E-state index contributed by atoms with van der Waals surface area (Å²) in [6.07, 6.45) is 2.19. The van der Waals surface area contributed by atoms with Crippen LogP contribution in [0, 0.1) is 11.8 Å². The van der Waals surface area contributed by atoms with Crippen LogP contribution in [0.5, 0.6) is 0 Å². The zero-order valence-electron chi connectivity index (χ0n) is 10.3. The van der Waals surface area contributed by atoms with Gasteiger partial charge < -0.3 is 9.64 Å². The van der Waals surface area contributed by atoms with Crippen LogP contribution in [0.3, 0.4) is 0 Å². The van der Waals surface area contributed by atoms with E-state index in [9.17, 15) is 4.79 Å². The average molecular weight is 213 g/mol. The van der Waals surface area contributed by atoms with Gasteiger partial charge in [0, 0.05) is 13.1 Å². The van der Waals surface area contributed by atoms with Gasteiger partial charge in [-0.25, -0.2) is 4.79 Å². The maximum Gasteiger partial charge on any atom is 0.410 e. The van der Waals surface area contributed by atoms with Crippen molar-refractivity contribution < 1.29 is 9.53 Å². The molecule has 1 amide bonds. The number of amides is 1. The molecule has 0 N–H and O–H groups in total. The summed E-state index contributed by atoms with van der Waals surface area (Å²) in [5.74, 6) is 1.29. The predicted molar refractivity (Wildman–Crippen MR) is 60.8 cm³/mol. The second kappa shape index (κ2) is 5.38. The predicted octanol–water partition coefficient (Wildman–Crippen LogP) is 2.90. The van der Waals surface area contributed by atoms with Crippen molar-refractivity contribution >= 4 is 6.09 Å². The summed E-state index contributed by atoms with van der Waals surface area (Å²) in [6.45, 7) is 9.95. The van der Waals surface area contributed by atoms with Crippen LogP contribution < -0.4 is 0 Å². The van der Waals surface area contributed by atoms with Crippen molar-refractivity contribution in [2.24, 2.45) is 11.8 Å². The Hall–Kier alpha value is -0.730. The maximum absolute atomic E-state index is 11.7. The Morgan fingerprint density at radius 3 is 2.53 bits per heavy atom. The molecule has 1 rings (SSSR count). The van der Waals surface area contributed by atoms with Gasteiger partial charge in [-0.3, -0.25) is 0 Å². The molecule has 3 nitrogen and oxygen atoms in total. The highest BCUT2D eigenvalue weighted by molar-refractivity contribution is 5.67. The molecule has 1 heterocycles. The monoisotopic (exact) mass is 213 g/mol. The minimum atomic E-state index is -0.143. The normalized spacial score (nSPS) is 22.3. The van der Waals surface area contributed by atoms with E-state index < -0.39 is 0 Å². The van der Waals surface area contributed by atoms with Crippen LogP contribution in [0.4, 0.5) is 4.79 Å². The number of hydrogen-bond acceptors (Lipinski definition) is 2. The first-order valence-electron chi connectivity index (χ1n) is 5.96. The zero-order chi connectivity index (χ0) is 11.4. The van der Waals surface area contributed by atoms with Crippen molar-refractivity contribution in [1.29, 1.82) is 0 Å². The number of nitrogens with zero attached hydrogens (tertiary/aromatic N) is 1. The highest BCUT2D eigenvalue weighted by atomic mass is 16.6. The fourth-order valence-corrected chi connectivity index (χ4v) is 2.00. The van der Waals surface area contributed by atoms with Crippen molar-refractivity contribution in [2.45, 2.75) is 46.6 Å². The van der Waals surface area contributed by atoms with Gasteiger partial charge in [0.1, 0.15) is 0 Å². The number of carbonyl (C=O) groups excluding carboxylic acids is 1. The van der Waals surface area contributed by atoms with Gasteiger partial charge in [-0.05, 0) is 38.5 Å². The Labute approximate surface area is 92.8 Å². The third-order valence-corrected chi connectivity index (χ3v) is 3.00. The van der Waals surface area contributed by atoms with E-state index in [2.05, 4.69) is 13.8 Å². The molecule has 0 aliphatic carbocycles. The molecule has 0 spiro atoms. The van der Waals surface area contributed by atoms with Crippen molar-refractivity contribution in [1.82, 2.24) is 4.90 Å². The Morgan fingerprint density at radius 2 is 2.00 bits per heavy atom. The lowest BCUT2D eigenvalue weighted by Gasteiger charge is -2.34. The van der Waals surface area contributed by atoms with E-state index in [4.69, 9.17) is 4.74 Å². The minimum absolute atomic E-state index is 0.0167. The van der Waals surface area contributed by atoms with E-state index in [0.29, 0.717) is 11.8 Å². The van der Waals surface area contributed by atoms with E-state index in [1.807, 2.05) is 18.7 Å². The second-order valence-electron chi connectivity index (χ2n) is 5.02. The molecule has 3 heteroatoms. The van der Waals surface area contributed by atoms with E-state index in [1.165, 1.54) is 6.42 Å². The number of carbonyl (C=O) groups is 1. The molecule has 0 aromatic carbocycles. The molecular weight excluding hydrogens is 190 g/mol. The molecular formula is C12H23NO2. The van der Waals surface area contributed by atoms with Crippen molar-refractivity contribution in [3.8, 4) is 0 Å². The molecule has 0 bridgehead atoms. The lowest BCUT2D eigenvalue weighted by atomic mass is 9.88. The van der Waals surface area contributed by atoms with Gasteiger partial charge >= 0.3 is 6.09 Å².